The van der Waals surface area contributed by atoms with Crippen LogP contribution in [0.4, 0.5) is 0 Å². The molecule has 18 heavy (non-hydrogen) atoms. The maximum atomic E-state index is 10.2. The van der Waals surface area contributed by atoms with E-state index in [1.807, 2.05) is 37.4 Å². The molecule has 1 aromatic heterocycles. The number of hydrogen-bond donors (Lipinski definition) is 1. The van der Waals surface area contributed by atoms with E-state index < -0.39 is 6.10 Å². The van der Waals surface area contributed by atoms with Gasteiger partial charge >= 0.3 is 0 Å². The van der Waals surface area contributed by atoms with Crippen molar-refractivity contribution in [3.8, 4) is 0 Å². The Labute approximate surface area is 111 Å². The van der Waals surface area contributed by atoms with Crippen molar-refractivity contribution in [2.45, 2.75) is 30.9 Å². The summed E-state index contributed by atoms with van der Waals surface area (Å²) in [5.41, 5.74) is 0.915. The third-order valence-electron chi connectivity index (χ3n) is 2.87. The highest BCUT2D eigenvalue weighted by Gasteiger charge is 2.12. The molecule has 1 aromatic carbocycles. The van der Waals surface area contributed by atoms with E-state index in [1.165, 1.54) is 11.2 Å². The lowest BCUT2D eigenvalue weighted by molar-refractivity contribution is 0.174. The Morgan fingerprint density at radius 1 is 1.33 bits per heavy atom. The molecule has 0 aliphatic carbocycles. The summed E-state index contributed by atoms with van der Waals surface area (Å²) < 4.78 is 1.81. The SMILES string of the molecule is CCn1ncnc1CC(O)c1ccc(SC)cc1. The minimum atomic E-state index is -0.532. The van der Waals surface area contributed by atoms with Crippen LogP contribution in [0.25, 0.3) is 0 Å². The van der Waals surface area contributed by atoms with E-state index in [1.54, 1.807) is 16.4 Å². The van der Waals surface area contributed by atoms with Gasteiger partial charge in [0.25, 0.3) is 0 Å². The molecule has 0 bridgehead atoms. The van der Waals surface area contributed by atoms with Crippen molar-refractivity contribution < 1.29 is 5.11 Å². The van der Waals surface area contributed by atoms with Crippen LogP contribution in [-0.4, -0.2) is 26.1 Å². The van der Waals surface area contributed by atoms with Gasteiger partial charge in [-0.2, -0.15) is 5.10 Å². The minimum absolute atomic E-state index is 0.493. The van der Waals surface area contributed by atoms with Crippen molar-refractivity contribution in [3.05, 3.63) is 42.0 Å². The summed E-state index contributed by atoms with van der Waals surface area (Å²) in [4.78, 5) is 5.37. The zero-order valence-electron chi connectivity index (χ0n) is 10.6. The van der Waals surface area contributed by atoms with E-state index in [0.29, 0.717) is 6.42 Å². The maximum Gasteiger partial charge on any atom is 0.138 e. The van der Waals surface area contributed by atoms with Gasteiger partial charge < -0.3 is 5.11 Å². The van der Waals surface area contributed by atoms with Gasteiger partial charge in [0.1, 0.15) is 12.2 Å². The molecule has 4 nitrogen and oxygen atoms in total. The monoisotopic (exact) mass is 263 g/mol. The van der Waals surface area contributed by atoms with E-state index in [-0.39, 0.29) is 0 Å². The zero-order chi connectivity index (χ0) is 13.0. The van der Waals surface area contributed by atoms with Crippen LogP contribution in [0.5, 0.6) is 0 Å². The van der Waals surface area contributed by atoms with E-state index in [4.69, 9.17) is 0 Å². The molecule has 0 saturated heterocycles. The second kappa shape index (κ2) is 6.02. The molecule has 0 saturated carbocycles. The van der Waals surface area contributed by atoms with E-state index >= 15 is 0 Å². The van der Waals surface area contributed by atoms with Crippen LogP contribution in [0.15, 0.2) is 35.5 Å². The van der Waals surface area contributed by atoms with Crippen molar-refractivity contribution >= 4 is 11.8 Å². The predicted octanol–water partition coefficient (Wildman–Crippen LogP) is 2.30. The molecule has 5 heteroatoms. The van der Waals surface area contributed by atoms with E-state index in [2.05, 4.69) is 10.1 Å². The third-order valence-corrected chi connectivity index (χ3v) is 3.62. The van der Waals surface area contributed by atoms with Crippen LogP contribution >= 0.6 is 11.8 Å². The summed E-state index contributed by atoms with van der Waals surface area (Å²) in [6, 6.07) is 7.97. The van der Waals surface area contributed by atoms with Gasteiger partial charge in [-0.05, 0) is 30.9 Å². The van der Waals surface area contributed by atoms with Crippen LogP contribution in [0.1, 0.15) is 24.4 Å². The fourth-order valence-corrected chi connectivity index (χ4v) is 2.24. The topological polar surface area (TPSA) is 50.9 Å². The standard InChI is InChI=1S/C13H17N3OS/c1-3-16-13(14-9-15-16)8-12(17)10-4-6-11(18-2)7-5-10/h4-7,9,12,17H,3,8H2,1-2H3. The van der Waals surface area contributed by atoms with Crippen LogP contribution in [-0.2, 0) is 13.0 Å². The van der Waals surface area contributed by atoms with E-state index in [9.17, 15) is 5.11 Å². The van der Waals surface area contributed by atoms with Crippen molar-refractivity contribution in [1.82, 2.24) is 14.8 Å². The van der Waals surface area contributed by atoms with Crippen molar-refractivity contribution in [1.29, 1.82) is 0 Å². The number of hydrogen-bond acceptors (Lipinski definition) is 4. The molecule has 1 atom stereocenters. The van der Waals surface area contributed by atoms with Gasteiger partial charge in [0.15, 0.2) is 0 Å². The number of aryl methyl sites for hydroxylation is 1. The largest absolute Gasteiger partial charge is 0.388 e. The first-order valence-electron chi connectivity index (χ1n) is 5.93. The summed E-state index contributed by atoms with van der Waals surface area (Å²) in [5.74, 6) is 0.818. The lowest BCUT2D eigenvalue weighted by Gasteiger charge is -2.11. The predicted molar refractivity (Wildman–Crippen MR) is 72.6 cm³/mol. The Bertz CT molecular complexity index is 495. The fraction of sp³-hybridized carbons (Fsp3) is 0.385. The van der Waals surface area contributed by atoms with Crippen LogP contribution in [0.2, 0.25) is 0 Å². The number of aliphatic hydroxyl groups excluding tert-OH is 1. The number of rotatable bonds is 5. The highest BCUT2D eigenvalue weighted by molar-refractivity contribution is 7.98. The third kappa shape index (κ3) is 2.91. The van der Waals surface area contributed by atoms with Crippen LogP contribution < -0.4 is 0 Å². The fourth-order valence-electron chi connectivity index (χ4n) is 1.83. The molecule has 0 spiro atoms. The first-order valence-corrected chi connectivity index (χ1v) is 7.15. The summed E-state index contributed by atoms with van der Waals surface area (Å²) >= 11 is 1.69. The van der Waals surface area contributed by atoms with E-state index in [0.717, 1.165) is 17.9 Å². The molecule has 1 heterocycles. The molecule has 96 valence electrons. The maximum absolute atomic E-state index is 10.2. The quantitative estimate of drug-likeness (QED) is 0.841. The number of aromatic nitrogens is 3. The van der Waals surface area contributed by atoms with Gasteiger partial charge in [0.05, 0.1) is 6.10 Å². The van der Waals surface area contributed by atoms with Gasteiger partial charge in [-0.1, -0.05) is 12.1 Å². The summed E-state index contributed by atoms with van der Waals surface area (Å²) in [6.45, 7) is 2.78. The minimum Gasteiger partial charge on any atom is -0.388 e. The molecule has 1 N–H and O–H groups in total. The van der Waals surface area contributed by atoms with Crippen LogP contribution in [0, 0.1) is 0 Å². The lowest BCUT2D eigenvalue weighted by atomic mass is 10.1. The highest BCUT2D eigenvalue weighted by atomic mass is 32.2. The van der Waals surface area contributed by atoms with Crippen molar-refractivity contribution in [2.75, 3.05) is 6.26 Å². The van der Waals surface area contributed by atoms with Crippen molar-refractivity contribution in [3.63, 3.8) is 0 Å². The molecule has 0 aliphatic rings. The molecule has 2 aromatic rings. The summed E-state index contributed by atoms with van der Waals surface area (Å²) in [5, 5.41) is 14.3. The van der Waals surface area contributed by atoms with Gasteiger partial charge in [-0.15, -0.1) is 11.8 Å². The molecule has 1 unspecified atom stereocenters. The second-order valence-corrected chi connectivity index (χ2v) is 4.86. The molecular weight excluding hydrogens is 246 g/mol. The molecule has 0 radical (unpaired) electrons. The first kappa shape index (κ1) is 13.1. The van der Waals surface area contributed by atoms with Gasteiger partial charge in [-0.25, -0.2) is 4.98 Å². The number of thioether (sulfide) groups is 1. The first-order chi connectivity index (χ1) is 8.74. The zero-order valence-corrected chi connectivity index (χ0v) is 11.4. The van der Waals surface area contributed by atoms with Crippen LogP contribution in [0.3, 0.4) is 0 Å². The summed E-state index contributed by atoms with van der Waals surface area (Å²) in [6.07, 6.45) is 3.53. The summed E-state index contributed by atoms with van der Waals surface area (Å²) in [7, 11) is 0. The normalized spacial score (nSPS) is 12.6. The molecule has 0 aliphatic heterocycles. The van der Waals surface area contributed by atoms with Gasteiger partial charge in [0.2, 0.25) is 0 Å². The number of nitrogens with zero attached hydrogens (tertiary/aromatic N) is 3. The number of aliphatic hydroxyl groups is 1. The molecular formula is C13H17N3OS. The van der Waals surface area contributed by atoms with Gasteiger partial charge in [0, 0.05) is 17.9 Å². The lowest BCUT2D eigenvalue weighted by Crippen LogP contribution is -2.09. The molecule has 0 amide bonds. The Hall–Kier alpha value is -1.33. The second-order valence-electron chi connectivity index (χ2n) is 3.99. The molecule has 0 fully saturated rings. The average molecular weight is 263 g/mol. The smallest absolute Gasteiger partial charge is 0.138 e. The molecule has 2 rings (SSSR count). The Morgan fingerprint density at radius 2 is 2.06 bits per heavy atom. The number of benzene rings is 1. The average Bonchev–Trinajstić information content (AvgIpc) is 2.86. The Balaban J connectivity index is 2.09. The van der Waals surface area contributed by atoms with Crippen molar-refractivity contribution in [2.24, 2.45) is 0 Å². The Kier molecular flexibility index (Phi) is 4.38. The Morgan fingerprint density at radius 3 is 2.67 bits per heavy atom. The van der Waals surface area contributed by atoms with Gasteiger partial charge in [-0.3, -0.25) is 4.68 Å². The highest BCUT2D eigenvalue weighted by Crippen LogP contribution is 2.21.